The van der Waals surface area contributed by atoms with Crippen LogP contribution in [0.3, 0.4) is 0 Å². The SMILES string of the molecule is COc1ccccc1N1CCN(c2ccc(NC(=O)C(C)C)cc2)CC1. The van der Waals surface area contributed by atoms with Crippen molar-refractivity contribution in [3.63, 3.8) is 0 Å². The Morgan fingerprint density at radius 2 is 1.58 bits per heavy atom. The van der Waals surface area contributed by atoms with Gasteiger partial charge < -0.3 is 19.9 Å². The van der Waals surface area contributed by atoms with E-state index in [4.69, 9.17) is 4.74 Å². The van der Waals surface area contributed by atoms with E-state index in [0.717, 1.165) is 43.3 Å². The predicted octanol–water partition coefficient (Wildman–Crippen LogP) is 3.62. The van der Waals surface area contributed by atoms with Gasteiger partial charge in [0.2, 0.25) is 5.91 Å². The summed E-state index contributed by atoms with van der Waals surface area (Å²) in [4.78, 5) is 16.5. The van der Waals surface area contributed by atoms with Gasteiger partial charge in [0.05, 0.1) is 12.8 Å². The van der Waals surface area contributed by atoms with Crippen LogP contribution in [-0.2, 0) is 4.79 Å². The molecule has 1 N–H and O–H groups in total. The maximum atomic E-state index is 11.8. The van der Waals surface area contributed by atoms with Gasteiger partial charge >= 0.3 is 0 Å². The van der Waals surface area contributed by atoms with E-state index in [1.54, 1.807) is 7.11 Å². The minimum absolute atomic E-state index is 0.0160. The number of ether oxygens (including phenoxy) is 1. The third-order valence-electron chi connectivity index (χ3n) is 4.73. The van der Waals surface area contributed by atoms with Crippen molar-refractivity contribution in [2.45, 2.75) is 13.8 Å². The van der Waals surface area contributed by atoms with E-state index in [-0.39, 0.29) is 11.8 Å². The molecule has 5 heteroatoms. The summed E-state index contributed by atoms with van der Waals surface area (Å²) < 4.78 is 5.48. The van der Waals surface area contributed by atoms with E-state index < -0.39 is 0 Å². The van der Waals surface area contributed by atoms with Gasteiger partial charge in [0.25, 0.3) is 0 Å². The van der Waals surface area contributed by atoms with Crippen LogP contribution in [0.25, 0.3) is 0 Å². The lowest BCUT2D eigenvalue weighted by atomic mass is 10.2. The molecule has 26 heavy (non-hydrogen) atoms. The molecule has 1 fully saturated rings. The zero-order valence-corrected chi connectivity index (χ0v) is 15.7. The first-order valence-electron chi connectivity index (χ1n) is 9.12. The third kappa shape index (κ3) is 4.10. The number of hydrogen-bond acceptors (Lipinski definition) is 4. The number of carbonyl (C=O) groups excluding carboxylic acids is 1. The summed E-state index contributed by atoms with van der Waals surface area (Å²) in [5, 5.41) is 2.93. The van der Waals surface area contributed by atoms with Gasteiger partial charge in [0.1, 0.15) is 5.75 Å². The average molecular weight is 353 g/mol. The molecule has 1 aliphatic rings. The molecular weight excluding hydrogens is 326 g/mol. The quantitative estimate of drug-likeness (QED) is 0.892. The van der Waals surface area contributed by atoms with Gasteiger partial charge in [-0.2, -0.15) is 0 Å². The van der Waals surface area contributed by atoms with Gasteiger partial charge in [0, 0.05) is 43.5 Å². The second-order valence-corrected chi connectivity index (χ2v) is 6.84. The smallest absolute Gasteiger partial charge is 0.226 e. The summed E-state index contributed by atoms with van der Waals surface area (Å²) in [6.45, 7) is 7.60. The number of hydrogen-bond donors (Lipinski definition) is 1. The first-order chi connectivity index (χ1) is 12.6. The Kier molecular flexibility index (Phi) is 5.66. The molecule has 0 aliphatic carbocycles. The zero-order chi connectivity index (χ0) is 18.5. The molecule has 5 nitrogen and oxygen atoms in total. The summed E-state index contributed by atoms with van der Waals surface area (Å²) in [6, 6.07) is 16.3. The van der Waals surface area contributed by atoms with Crippen molar-refractivity contribution in [1.82, 2.24) is 0 Å². The molecule has 1 saturated heterocycles. The Morgan fingerprint density at radius 3 is 2.19 bits per heavy atom. The van der Waals surface area contributed by atoms with Crippen molar-refractivity contribution in [3.05, 3.63) is 48.5 Å². The highest BCUT2D eigenvalue weighted by atomic mass is 16.5. The number of para-hydroxylation sites is 2. The second-order valence-electron chi connectivity index (χ2n) is 6.84. The largest absolute Gasteiger partial charge is 0.495 e. The first kappa shape index (κ1) is 18.1. The maximum Gasteiger partial charge on any atom is 0.226 e. The highest BCUT2D eigenvalue weighted by Crippen LogP contribution is 2.29. The van der Waals surface area contributed by atoms with Crippen LogP contribution < -0.4 is 19.9 Å². The summed E-state index contributed by atoms with van der Waals surface area (Å²) in [6.07, 6.45) is 0. The van der Waals surface area contributed by atoms with Crippen LogP contribution in [0.15, 0.2) is 48.5 Å². The number of amides is 1. The summed E-state index contributed by atoms with van der Waals surface area (Å²) in [5.74, 6) is 0.951. The number of methoxy groups -OCH3 is 1. The summed E-state index contributed by atoms with van der Waals surface area (Å²) in [5.41, 5.74) is 3.19. The van der Waals surface area contributed by atoms with E-state index in [1.807, 2.05) is 38.1 Å². The molecular formula is C21H27N3O2. The Labute approximate surface area is 155 Å². The molecule has 0 atom stereocenters. The Bertz CT molecular complexity index is 735. The molecule has 2 aromatic rings. The molecule has 1 aliphatic heterocycles. The number of piperazine rings is 1. The third-order valence-corrected chi connectivity index (χ3v) is 4.73. The minimum atomic E-state index is -0.0160. The number of anilines is 3. The monoisotopic (exact) mass is 353 g/mol. The van der Waals surface area contributed by atoms with E-state index in [0.29, 0.717) is 0 Å². The Morgan fingerprint density at radius 1 is 0.962 bits per heavy atom. The van der Waals surface area contributed by atoms with Crippen molar-refractivity contribution in [3.8, 4) is 5.75 Å². The molecule has 0 unspecified atom stereocenters. The first-order valence-corrected chi connectivity index (χ1v) is 9.12. The van der Waals surface area contributed by atoms with Gasteiger partial charge in [0.15, 0.2) is 0 Å². The fourth-order valence-electron chi connectivity index (χ4n) is 3.14. The van der Waals surface area contributed by atoms with E-state index in [1.165, 1.54) is 5.69 Å². The summed E-state index contributed by atoms with van der Waals surface area (Å²) in [7, 11) is 1.72. The number of rotatable bonds is 5. The lowest BCUT2D eigenvalue weighted by molar-refractivity contribution is -0.118. The highest BCUT2D eigenvalue weighted by molar-refractivity contribution is 5.92. The zero-order valence-electron chi connectivity index (χ0n) is 15.7. The minimum Gasteiger partial charge on any atom is -0.495 e. The standard InChI is InChI=1S/C21H27N3O2/c1-16(2)21(25)22-17-8-10-18(11-9-17)23-12-14-24(15-13-23)19-6-4-5-7-20(19)26-3/h4-11,16H,12-15H2,1-3H3,(H,22,25). The van der Waals surface area contributed by atoms with Gasteiger partial charge in [-0.05, 0) is 36.4 Å². The van der Waals surface area contributed by atoms with E-state index in [9.17, 15) is 4.79 Å². The molecule has 0 saturated carbocycles. The van der Waals surface area contributed by atoms with Crippen molar-refractivity contribution in [2.24, 2.45) is 5.92 Å². The van der Waals surface area contributed by atoms with Crippen LogP contribution >= 0.6 is 0 Å². The van der Waals surface area contributed by atoms with E-state index >= 15 is 0 Å². The van der Waals surface area contributed by atoms with Crippen LogP contribution in [0.2, 0.25) is 0 Å². The van der Waals surface area contributed by atoms with Crippen LogP contribution in [0.1, 0.15) is 13.8 Å². The lowest BCUT2D eigenvalue weighted by Gasteiger charge is -2.37. The van der Waals surface area contributed by atoms with Crippen molar-refractivity contribution < 1.29 is 9.53 Å². The number of carbonyl (C=O) groups is 1. The van der Waals surface area contributed by atoms with Crippen LogP contribution in [0, 0.1) is 5.92 Å². The fourth-order valence-corrected chi connectivity index (χ4v) is 3.14. The molecule has 0 aromatic heterocycles. The highest BCUT2D eigenvalue weighted by Gasteiger charge is 2.19. The second kappa shape index (κ2) is 8.13. The fraction of sp³-hybridized carbons (Fsp3) is 0.381. The molecule has 1 heterocycles. The molecule has 2 aromatic carbocycles. The molecule has 0 radical (unpaired) electrons. The lowest BCUT2D eigenvalue weighted by Crippen LogP contribution is -2.46. The predicted molar refractivity (Wildman–Crippen MR) is 107 cm³/mol. The van der Waals surface area contributed by atoms with Gasteiger partial charge in [-0.1, -0.05) is 26.0 Å². The normalized spacial score (nSPS) is 14.5. The summed E-state index contributed by atoms with van der Waals surface area (Å²) >= 11 is 0. The Balaban J connectivity index is 1.60. The van der Waals surface area contributed by atoms with Crippen LogP contribution in [0.4, 0.5) is 17.1 Å². The van der Waals surface area contributed by atoms with Crippen molar-refractivity contribution in [2.75, 3.05) is 48.4 Å². The molecule has 0 spiro atoms. The van der Waals surface area contributed by atoms with Crippen molar-refractivity contribution >= 4 is 23.0 Å². The number of nitrogens with one attached hydrogen (secondary N) is 1. The molecule has 3 rings (SSSR count). The molecule has 0 bridgehead atoms. The molecule has 1 amide bonds. The van der Waals surface area contributed by atoms with Crippen LogP contribution in [0.5, 0.6) is 5.75 Å². The number of nitrogens with zero attached hydrogens (tertiary/aromatic N) is 2. The molecule has 138 valence electrons. The Hall–Kier alpha value is -2.69. The van der Waals surface area contributed by atoms with Gasteiger partial charge in [-0.3, -0.25) is 4.79 Å². The van der Waals surface area contributed by atoms with Crippen molar-refractivity contribution in [1.29, 1.82) is 0 Å². The average Bonchev–Trinajstić information content (AvgIpc) is 2.68. The van der Waals surface area contributed by atoms with Gasteiger partial charge in [-0.25, -0.2) is 0 Å². The topological polar surface area (TPSA) is 44.8 Å². The maximum absolute atomic E-state index is 11.8. The van der Waals surface area contributed by atoms with E-state index in [2.05, 4.69) is 39.4 Å². The van der Waals surface area contributed by atoms with Gasteiger partial charge in [-0.15, -0.1) is 0 Å². The van der Waals surface area contributed by atoms with Crippen LogP contribution in [-0.4, -0.2) is 39.2 Å². The number of benzene rings is 2.